The lowest BCUT2D eigenvalue weighted by molar-refractivity contribution is 0.682. The lowest BCUT2D eigenvalue weighted by atomic mass is 10.0. The SMILES string of the molecule is CCNC(=NCc1csc(CC)n1)NC(C)c1ccccc1C.I. The maximum Gasteiger partial charge on any atom is 0.192 e. The molecule has 1 heterocycles. The highest BCUT2D eigenvalue weighted by atomic mass is 127. The molecule has 2 aromatic rings. The molecule has 1 aromatic carbocycles. The van der Waals surface area contributed by atoms with Gasteiger partial charge in [-0.05, 0) is 38.3 Å². The number of nitrogens with zero attached hydrogens (tertiary/aromatic N) is 2. The van der Waals surface area contributed by atoms with Crippen molar-refractivity contribution >= 4 is 41.3 Å². The minimum atomic E-state index is 0. The zero-order chi connectivity index (χ0) is 16.7. The molecule has 0 aliphatic carbocycles. The fraction of sp³-hybridized carbons (Fsp3) is 0.444. The van der Waals surface area contributed by atoms with Crippen molar-refractivity contribution in [2.45, 2.75) is 46.7 Å². The summed E-state index contributed by atoms with van der Waals surface area (Å²) < 4.78 is 0. The number of guanidine groups is 1. The Balaban J connectivity index is 0.00000288. The minimum absolute atomic E-state index is 0. The Morgan fingerprint density at radius 2 is 2.04 bits per heavy atom. The first-order valence-corrected chi connectivity index (χ1v) is 9.05. The molecular weight excluding hydrogens is 431 g/mol. The van der Waals surface area contributed by atoms with Crippen LogP contribution < -0.4 is 10.6 Å². The molecule has 2 rings (SSSR count). The van der Waals surface area contributed by atoms with Crippen molar-refractivity contribution in [3.63, 3.8) is 0 Å². The molecule has 1 aromatic heterocycles. The average molecular weight is 458 g/mol. The first-order chi connectivity index (χ1) is 11.1. The highest BCUT2D eigenvalue weighted by molar-refractivity contribution is 14.0. The largest absolute Gasteiger partial charge is 0.357 e. The molecule has 0 amide bonds. The van der Waals surface area contributed by atoms with Crippen molar-refractivity contribution in [2.75, 3.05) is 6.54 Å². The number of hydrogen-bond acceptors (Lipinski definition) is 3. The number of nitrogens with one attached hydrogen (secondary N) is 2. The summed E-state index contributed by atoms with van der Waals surface area (Å²) in [6.07, 6.45) is 0.983. The van der Waals surface area contributed by atoms with Gasteiger partial charge < -0.3 is 10.6 Å². The molecule has 0 aliphatic heterocycles. The van der Waals surface area contributed by atoms with Crippen LogP contribution in [0.25, 0.3) is 0 Å². The van der Waals surface area contributed by atoms with Crippen LogP contribution in [-0.2, 0) is 13.0 Å². The van der Waals surface area contributed by atoms with E-state index in [1.807, 2.05) is 0 Å². The fourth-order valence-electron chi connectivity index (χ4n) is 2.42. The van der Waals surface area contributed by atoms with Crippen molar-refractivity contribution in [3.05, 3.63) is 51.5 Å². The third-order valence-electron chi connectivity index (χ3n) is 3.65. The van der Waals surface area contributed by atoms with E-state index in [-0.39, 0.29) is 30.0 Å². The van der Waals surface area contributed by atoms with Gasteiger partial charge in [-0.15, -0.1) is 35.3 Å². The van der Waals surface area contributed by atoms with E-state index >= 15 is 0 Å². The minimum Gasteiger partial charge on any atom is -0.357 e. The normalized spacial score (nSPS) is 12.4. The van der Waals surface area contributed by atoms with E-state index in [0.717, 1.165) is 24.6 Å². The number of benzene rings is 1. The molecule has 0 saturated heterocycles. The smallest absolute Gasteiger partial charge is 0.192 e. The van der Waals surface area contributed by atoms with Crippen LogP contribution in [0.5, 0.6) is 0 Å². The number of aromatic nitrogens is 1. The van der Waals surface area contributed by atoms with E-state index in [4.69, 9.17) is 0 Å². The summed E-state index contributed by atoms with van der Waals surface area (Å²) in [6, 6.07) is 8.64. The molecule has 0 aliphatic rings. The number of halogens is 1. The summed E-state index contributed by atoms with van der Waals surface area (Å²) in [7, 11) is 0. The van der Waals surface area contributed by atoms with Crippen LogP contribution in [-0.4, -0.2) is 17.5 Å². The highest BCUT2D eigenvalue weighted by Crippen LogP contribution is 2.16. The molecular formula is C18H27IN4S. The number of rotatable bonds is 6. The Labute approximate surface area is 166 Å². The molecule has 1 unspecified atom stereocenters. The maximum atomic E-state index is 4.67. The van der Waals surface area contributed by atoms with Gasteiger partial charge >= 0.3 is 0 Å². The van der Waals surface area contributed by atoms with Gasteiger partial charge in [-0.2, -0.15) is 0 Å². The van der Waals surface area contributed by atoms with Gasteiger partial charge in [0.15, 0.2) is 5.96 Å². The molecule has 4 nitrogen and oxygen atoms in total. The van der Waals surface area contributed by atoms with Crippen LogP contribution in [0.3, 0.4) is 0 Å². The van der Waals surface area contributed by atoms with Crippen LogP contribution in [0.2, 0.25) is 0 Å². The molecule has 0 saturated carbocycles. The maximum absolute atomic E-state index is 4.67. The third kappa shape index (κ3) is 6.05. The summed E-state index contributed by atoms with van der Waals surface area (Å²) in [6.45, 7) is 9.94. The van der Waals surface area contributed by atoms with Crippen LogP contribution in [0.4, 0.5) is 0 Å². The van der Waals surface area contributed by atoms with Crippen molar-refractivity contribution in [1.82, 2.24) is 15.6 Å². The van der Waals surface area contributed by atoms with Gasteiger partial charge in [0.05, 0.1) is 23.3 Å². The van der Waals surface area contributed by atoms with Gasteiger partial charge in [-0.25, -0.2) is 9.98 Å². The Bertz CT molecular complexity index is 654. The molecule has 0 bridgehead atoms. The van der Waals surface area contributed by atoms with Crippen LogP contribution in [0, 0.1) is 6.92 Å². The lowest BCUT2D eigenvalue weighted by Crippen LogP contribution is -2.38. The third-order valence-corrected chi connectivity index (χ3v) is 4.70. The van der Waals surface area contributed by atoms with E-state index < -0.39 is 0 Å². The summed E-state index contributed by atoms with van der Waals surface area (Å²) >= 11 is 1.71. The van der Waals surface area contributed by atoms with Gasteiger partial charge in [-0.1, -0.05) is 31.2 Å². The summed E-state index contributed by atoms with van der Waals surface area (Å²) in [4.78, 5) is 9.23. The van der Waals surface area contributed by atoms with E-state index in [0.29, 0.717) is 6.54 Å². The second-order valence-electron chi connectivity index (χ2n) is 5.50. The summed E-state index contributed by atoms with van der Waals surface area (Å²) in [5, 5.41) is 10.1. The highest BCUT2D eigenvalue weighted by Gasteiger charge is 2.10. The zero-order valence-electron chi connectivity index (χ0n) is 14.8. The Morgan fingerprint density at radius 1 is 1.29 bits per heavy atom. The van der Waals surface area contributed by atoms with Gasteiger partial charge in [0.2, 0.25) is 0 Å². The van der Waals surface area contributed by atoms with Gasteiger partial charge in [0.25, 0.3) is 0 Å². The number of aliphatic imine (C=N–C) groups is 1. The predicted molar refractivity (Wildman–Crippen MR) is 114 cm³/mol. The fourth-order valence-corrected chi connectivity index (χ4v) is 3.16. The van der Waals surface area contributed by atoms with Gasteiger partial charge in [0, 0.05) is 11.9 Å². The molecule has 0 radical (unpaired) electrons. The monoisotopic (exact) mass is 458 g/mol. The van der Waals surface area contributed by atoms with E-state index in [1.54, 1.807) is 11.3 Å². The number of aryl methyl sites for hydroxylation is 2. The van der Waals surface area contributed by atoms with Crippen LogP contribution in [0.15, 0.2) is 34.6 Å². The first-order valence-electron chi connectivity index (χ1n) is 8.17. The van der Waals surface area contributed by atoms with Crippen molar-refractivity contribution in [1.29, 1.82) is 0 Å². The summed E-state index contributed by atoms with van der Waals surface area (Å²) in [5.41, 5.74) is 3.61. The average Bonchev–Trinajstić information content (AvgIpc) is 3.01. The molecule has 2 N–H and O–H groups in total. The van der Waals surface area contributed by atoms with E-state index in [2.05, 4.69) is 78.0 Å². The summed E-state index contributed by atoms with van der Waals surface area (Å²) in [5.74, 6) is 0.828. The Morgan fingerprint density at radius 3 is 2.67 bits per heavy atom. The van der Waals surface area contributed by atoms with Crippen molar-refractivity contribution < 1.29 is 0 Å². The van der Waals surface area contributed by atoms with E-state index in [1.165, 1.54) is 16.1 Å². The topological polar surface area (TPSA) is 49.3 Å². The molecule has 6 heteroatoms. The second kappa shape index (κ2) is 10.7. The number of thiazole rings is 1. The number of hydrogen-bond donors (Lipinski definition) is 2. The molecule has 132 valence electrons. The van der Waals surface area contributed by atoms with Crippen LogP contribution in [0.1, 0.15) is 48.6 Å². The molecule has 0 fully saturated rings. The Hall–Kier alpha value is -1.15. The molecule has 0 spiro atoms. The zero-order valence-corrected chi connectivity index (χ0v) is 17.9. The second-order valence-corrected chi connectivity index (χ2v) is 6.45. The van der Waals surface area contributed by atoms with Gasteiger partial charge in [-0.3, -0.25) is 0 Å². The first kappa shape index (κ1) is 20.9. The predicted octanol–water partition coefficient (Wildman–Crippen LogP) is 4.45. The Kier molecular flexibility index (Phi) is 9.28. The molecule has 24 heavy (non-hydrogen) atoms. The van der Waals surface area contributed by atoms with Crippen LogP contribution >= 0.6 is 35.3 Å². The standard InChI is InChI=1S/C18H26N4S.HI/c1-5-17-22-15(12-23-17)11-20-18(19-6-2)21-14(4)16-10-8-7-9-13(16)3;/h7-10,12,14H,5-6,11H2,1-4H3,(H2,19,20,21);1H. The van der Waals surface area contributed by atoms with Gasteiger partial charge in [0.1, 0.15) is 0 Å². The van der Waals surface area contributed by atoms with Crippen molar-refractivity contribution in [3.8, 4) is 0 Å². The molecule has 1 atom stereocenters. The van der Waals surface area contributed by atoms with Crippen molar-refractivity contribution in [2.24, 2.45) is 4.99 Å². The lowest BCUT2D eigenvalue weighted by Gasteiger charge is -2.19. The van der Waals surface area contributed by atoms with E-state index in [9.17, 15) is 0 Å². The quantitative estimate of drug-likeness (QED) is 0.382.